The van der Waals surface area contributed by atoms with Gasteiger partial charge in [0, 0.05) is 5.92 Å². The molecule has 0 spiro atoms. The standard InChI is InChI=1S/C18H24/c1-14-11-12-17(15-7-3-2-4-8-15)18(13-14)16-9-5-6-10-16/h3,7-8,11-13,16-18H,2,4-6,9-10H2,1H3. The van der Waals surface area contributed by atoms with Crippen molar-refractivity contribution in [1.82, 2.24) is 0 Å². The van der Waals surface area contributed by atoms with Gasteiger partial charge in [-0.05, 0) is 50.0 Å². The Morgan fingerprint density at radius 1 is 1.06 bits per heavy atom. The first kappa shape index (κ1) is 12.0. The van der Waals surface area contributed by atoms with Crippen molar-refractivity contribution in [1.29, 1.82) is 0 Å². The normalized spacial score (nSPS) is 32.5. The Hall–Kier alpha value is -1.04. The van der Waals surface area contributed by atoms with Crippen LogP contribution in [-0.2, 0) is 0 Å². The highest BCUT2D eigenvalue weighted by Crippen LogP contribution is 2.42. The van der Waals surface area contributed by atoms with E-state index < -0.39 is 0 Å². The number of rotatable bonds is 2. The molecule has 0 N–H and O–H groups in total. The Balaban J connectivity index is 1.84. The van der Waals surface area contributed by atoms with Gasteiger partial charge in [-0.1, -0.05) is 54.9 Å². The minimum Gasteiger partial charge on any atom is -0.0839 e. The van der Waals surface area contributed by atoms with Crippen molar-refractivity contribution < 1.29 is 0 Å². The average Bonchev–Trinajstić information content (AvgIpc) is 2.93. The second kappa shape index (κ2) is 5.30. The van der Waals surface area contributed by atoms with Gasteiger partial charge in [0.05, 0.1) is 0 Å². The monoisotopic (exact) mass is 240 g/mol. The lowest BCUT2D eigenvalue weighted by molar-refractivity contribution is 0.350. The first-order valence-electron chi connectivity index (χ1n) is 7.58. The molecule has 0 aliphatic heterocycles. The zero-order valence-corrected chi connectivity index (χ0v) is 11.4. The fraction of sp³-hybridized carbons (Fsp3) is 0.556. The molecule has 2 atom stereocenters. The summed E-state index contributed by atoms with van der Waals surface area (Å²) in [5, 5.41) is 0. The zero-order valence-electron chi connectivity index (χ0n) is 11.4. The fourth-order valence-corrected chi connectivity index (χ4v) is 3.83. The largest absolute Gasteiger partial charge is 0.0839 e. The molecule has 0 bridgehead atoms. The number of hydrogen-bond donors (Lipinski definition) is 0. The van der Waals surface area contributed by atoms with Crippen LogP contribution in [0.25, 0.3) is 0 Å². The first-order valence-corrected chi connectivity index (χ1v) is 7.58. The quantitative estimate of drug-likeness (QED) is 0.622. The summed E-state index contributed by atoms with van der Waals surface area (Å²) in [5.41, 5.74) is 3.03. The molecule has 0 nitrogen and oxygen atoms in total. The Labute approximate surface area is 111 Å². The molecule has 2 unspecified atom stereocenters. The van der Waals surface area contributed by atoms with Crippen LogP contribution >= 0.6 is 0 Å². The molecule has 96 valence electrons. The van der Waals surface area contributed by atoms with E-state index in [0.717, 1.165) is 11.8 Å². The van der Waals surface area contributed by atoms with E-state index in [1.165, 1.54) is 44.1 Å². The topological polar surface area (TPSA) is 0 Å². The Kier molecular flexibility index (Phi) is 3.54. The summed E-state index contributed by atoms with van der Waals surface area (Å²) in [5.74, 6) is 2.32. The molecule has 18 heavy (non-hydrogen) atoms. The van der Waals surface area contributed by atoms with Crippen LogP contribution in [0.3, 0.4) is 0 Å². The Morgan fingerprint density at radius 2 is 1.89 bits per heavy atom. The van der Waals surface area contributed by atoms with Gasteiger partial charge in [0.25, 0.3) is 0 Å². The predicted octanol–water partition coefficient (Wildman–Crippen LogP) is 5.20. The van der Waals surface area contributed by atoms with Crippen molar-refractivity contribution in [3.05, 3.63) is 47.6 Å². The summed E-state index contributed by atoms with van der Waals surface area (Å²) in [6, 6.07) is 0. The second-order valence-electron chi connectivity index (χ2n) is 6.10. The third-order valence-electron chi connectivity index (χ3n) is 4.79. The maximum absolute atomic E-state index is 2.55. The third kappa shape index (κ3) is 2.39. The predicted molar refractivity (Wildman–Crippen MR) is 78.3 cm³/mol. The van der Waals surface area contributed by atoms with Gasteiger partial charge in [-0.25, -0.2) is 0 Å². The third-order valence-corrected chi connectivity index (χ3v) is 4.79. The van der Waals surface area contributed by atoms with E-state index in [1.807, 2.05) is 0 Å². The van der Waals surface area contributed by atoms with E-state index in [4.69, 9.17) is 0 Å². The molecular formula is C18H24. The van der Waals surface area contributed by atoms with Crippen LogP contribution in [0, 0.1) is 17.8 Å². The van der Waals surface area contributed by atoms with E-state index >= 15 is 0 Å². The van der Waals surface area contributed by atoms with E-state index in [0.29, 0.717) is 5.92 Å². The maximum atomic E-state index is 2.55. The van der Waals surface area contributed by atoms with Gasteiger partial charge >= 0.3 is 0 Å². The molecule has 0 aromatic rings. The summed E-state index contributed by atoms with van der Waals surface area (Å²) < 4.78 is 0. The van der Waals surface area contributed by atoms with Gasteiger partial charge in [0.15, 0.2) is 0 Å². The van der Waals surface area contributed by atoms with Crippen molar-refractivity contribution in [2.45, 2.75) is 45.4 Å². The van der Waals surface area contributed by atoms with Crippen LogP contribution in [0.15, 0.2) is 47.6 Å². The van der Waals surface area contributed by atoms with Crippen molar-refractivity contribution >= 4 is 0 Å². The fourth-order valence-electron chi connectivity index (χ4n) is 3.83. The molecule has 1 fully saturated rings. The second-order valence-corrected chi connectivity index (χ2v) is 6.10. The highest BCUT2D eigenvalue weighted by Gasteiger charge is 2.31. The van der Waals surface area contributed by atoms with Crippen molar-refractivity contribution in [2.24, 2.45) is 17.8 Å². The summed E-state index contributed by atoms with van der Waals surface area (Å²) in [6.07, 6.45) is 22.7. The molecule has 1 saturated carbocycles. The van der Waals surface area contributed by atoms with Gasteiger partial charge in [-0.15, -0.1) is 0 Å². The van der Waals surface area contributed by atoms with Crippen LogP contribution < -0.4 is 0 Å². The molecule has 0 aromatic carbocycles. The van der Waals surface area contributed by atoms with Gasteiger partial charge < -0.3 is 0 Å². The lowest BCUT2D eigenvalue weighted by atomic mass is 9.72. The van der Waals surface area contributed by atoms with E-state index in [1.54, 1.807) is 5.57 Å². The summed E-state index contributed by atoms with van der Waals surface area (Å²) >= 11 is 0. The molecule has 0 saturated heterocycles. The molecule has 3 aliphatic rings. The van der Waals surface area contributed by atoms with Crippen LogP contribution in [0.1, 0.15) is 45.4 Å². The lowest BCUT2D eigenvalue weighted by Gasteiger charge is -2.32. The summed E-state index contributed by atoms with van der Waals surface area (Å²) in [6.45, 7) is 2.25. The lowest BCUT2D eigenvalue weighted by Crippen LogP contribution is -2.22. The van der Waals surface area contributed by atoms with E-state index in [2.05, 4.69) is 43.4 Å². The van der Waals surface area contributed by atoms with E-state index in [9.17, 15) is 0 Å². The van der Waals surface area contributed by atoms with Gasteiger partial charge in [-0.3, -0.25) is 0 Å². The summed E-state index contributed by atoms with van der Waals surface area (Å²) in [7, 11) is 0. The highest BCUT2D eigenvalue weighted by atomic mass is 14.4. The summed E-state index contributed by atoms with van der Waals surface area (Å²) in [4.78, 5) is 0. The molecule has 3 aliphatic carbocycles. The molecule has 0 heteroatoms. The first-order chi connectivity index (χ1) is 8.84. The average molecular weight is 240 g/mol. The van der Waals surface area contributed by atoms with Gasteiger partial charge in [0.1, 0.15) is 0 Å². The minimum atomic E-state index is 0.647. The van der Waals surface area contributed by atoms with Crippen molar-refractivity contribution in [2.75, 3.05) is 0 Å². The highest BCUT2D eigenvalue weighted by molar-refractivity contribution is 5.36. The van der Waals surface area contributed by atoms with Crippen molar-refractivity contribution in [3.8, 4) is 0 Å². The number of hydrogen-bond acceptors (Lipinski definition) is 0. The molecule has 0 radical (unpaired) electrons. The molecular weight excluding hydrogens is 216 g/mol. The Morgan fingerprint density at radius 3 is 2.61 bits per heavy atom. The maximum Gasteiger partial charge on any atom is 0.00836 e. The molecule has 0 aromatic heterocycles. The molecule has 3 rings (SSSR count). The van der Waals surface area contributed by atoms with Crippen LogP contribution in [0.2, 0.25) is 0 Å². The number of allylic oxidation sites excluding steroid dienone is 8. The van der Waals surface area contributed by atoms with Gasteiger partial charge in [-0.2, -0.15) is 0 Å². The SMILES string of the molecule is CC1=CC(C2CCCC2)C(C2=CCCC=C2)C=C1. The smallest absolute Gasteiger partial charge is 0.00836 e. The van der Waals surface area contributed by atoms with E-state index in [-0.39, 0.29) is 0 Å². The van der Waals surface area contributed by atoms with Crippen molar-refractivity contribution in [3.63, 3.8) is 0 Å². The Bertz CT molecular complexity index is 413. The van der Waals surface area contributed by atoms with Crippen LogP contribution in [0.5, 0.6) is 0 Å². The molecule has 0 amide bonds. The van der Waals surface area contributed by atoms with Crippen LogP contribution in [-0.4, -0.2) is 0 Å². The molecule has 0 heterocycles. The minimum absolute atomic E-state index is 0.647. The zero-order chi connectivity index (χ0) is 12.4. The van der Waals surface area contributed by atoms with Crippen LogP contribution in [0.4, 0.5) is 0 Å². The van der Waals surface area contributed by atoms with Gasteiger partial charge in [0.2, 0.25) is 0 Å².